The van der Waals surface area contributed by atoms with Crippen LogP contribution in [0.25, 0.3) is 0 Å². The van der Waals surface area contributed by atoms with Crippen LogP contribution in [-0.2, 0) is 0 Å². The van der Waals surface area contributed by atoms with E-state index in [2.05, 4.69) is 0 Å². The van der Waals surface area contributed by atoms with Gasteiger partial charge >= 0.3 is 5.69 Å². The summed E-state index contributed by atoms with van der Waals surface area (Å²) in [4.78, 5) is 24.3. The number of benzene rings is 1. The van der Waals surface area contributed by atoms with Crippen LogP contribution < -0.4 is 4.74 Å². The summed E-state index contributed by atoms with van der Waals surface area (Å²) >= 11 is 0. The molecule has 1 aromatic carbocycles. The van der Waals surface area contributed by atoms with E-state index in [1.54, 1.807) is 7.05 Å². The van der Waals surface area contributed by atoms with Crippen LogP contribution in [-0.4, -0.2) is 47.6 Å². The summed E-state index contributed by atoms with van der Waals surface area (Å²) in [5.41, 5.74) is 0.00476. The van der Waals surface area contributed by atoms with Crippen molar-refractivity contribution in [2.24, 2.45) is 5.92 Å². The zero-order valence-electron chi connectivity index (χ0n) is 12.7. The second-order valence-electron chi connectivity index (χ2n) is 5.59. The van der Waals surface area contributed by atoms with E-state index in [-0.39, 0.29) is 34.9 Å². The van der Waals surface area contributed by atoms with Crippen molar-refractivity contribution in [3.8, 4) is 5.75 Å². The molecule has 120 valence electrons. The van der Waals surface area contributed by atoms with Crippen LogP contribution in [0.1, 0.15) is 29.6 Å². The molecule has 1 fully saturated rings. The van der Waals surface area contributed by atoms with Gasteiger partial charge in [0.25, 0.3) is 5.91 Å². The number of nitro groups is 1. The normalized spacial score (nSPS) is 20.7. The van der Waals surface area contributed by atoms with Gasteiger partial charge in [-0.25, -0.2) is 0 Å². The Balaban J connectivity index is 2.14. The lowest BCUT2D eigenvalue weighted by molar-refractivity contribution is -0.385. The number of aliphatic hydroxyl groups is 1. The van der Waals surface area contributed by atoms with Crippen LogP contribution in [0.5, 0.6) is 5.75 Å². The van der Waals surface area contributed by atoms with E-state index in [1.807, 2.05) is 0 Å². The summed E-state index contributed by atoms with van der Waals surface area (Å²) in [6, 6.07) is 4.15. The minimum atomic E-state index is -0.573. The number of methoxy groups -OCH3 is 1. The van der Waals surface area contributed by atoms with Gasteiger partial charge in [-0.3, -0.25) is 14.9 Å². The molecule has 1 N–H and O–H groups in total. The zero-order valence-corrected chi connectivity index (χ0v) is 12.7. The number of hydrogen-bond donors (Lipinski definition) is 1. The molecule has 1 aliphatic rings. The Bertz CT molecular complexity index is 575. The second kappa shape index (κ2) is 6.74. The molecule has 0 spiro atoms. The van der Waals surface area contributed by atoms with Gasteiger partial charge in [0.2, 0.25) is 0 Å². The lowest BCUT2D eigenvalue weighted by atomic mass is 10.0. The fourth-order valence-electron chi connectivity index (χ4n) is 2.85. The van der Waals surface area contributed by atoms with E-state index in [1.165, 1.54) is 30.2 Å². The number of carbonyl (C=O) groups excluding carboxylic acids is 1. The van der Waals surface area contributed by atoms with Crippen LogP contribution in [0, 0.1) is 16.0 Å². The van der Waals surface area contributed by atoms with Crippen LogP contribution in [0.4, 0.5) is 5.69 Å². The molecular formula is C15H20N2O5. The highest BCUT2D eigenvalue weighted by atomic mass is 16.6. The summed E-state index contributed by atoms with van der Waals surface area (Å²) in [5, 5.41) is 20.8. The molecule has 0 bridgehead atoms. The van der Waals surface area contributed by atoms with Gasteiger partial charge in [-0.15, -0.1) is 0 Å². The Hall–Kier alpha value is -2.15. The van der Waals surface area contributed by atoms with E-state index in [0.717, 1.165) is 19.3 Å². The molecule has 0 unspecified atom stereocenters. The maximum atomic E-state index is 12.4. The lowest BCUT2D eigenvalue weighted by Gasteiger charge is -2.23. The molecule has 0 aromatic heterocycles. The van der Waals surface area contributed by atoms with Crippen molar-refractivity contribution in [2.75, 3.05) is 20.7 Å². The number of ether oxygens (including phenoxy) is 1. The van der Waals surface area contributed by atoms with Gasteiger partial charge in [-0.1, -0.05) is 6.42 Å². The van der Waals surface area contributed by atoms with E-state index < -0.39 is 4.92 Å². The third-order valence-electron chi connectivity index (χ3n) is 4.10. The quantitative estimate of drug-likeness (QED) is 0.661. The van der Waals surface area contributed by atoms with E-state index in [4.69, 9.17) is 4.74 Å². The molecule has 2 rings (SSSR count). The second-order valence-corrected chi connectivity index (χ2v) is 5.59. The number of nitro benzene ring substituents is 1. The van der Waals surface area contributed by atoms with Crippen molar-refractivity contribution in [3.05, 3.63) is 33.9 Å². The van der Waals surface area contributed by atoms with Gasteiger partial charge in [-0.2, -0.15) is 0 Å². The van der Waals surface area contributed by atoms with Gasteiger partial charge in [-0.05, 0) is 25.0 Å². The number of hydrogen-bond acceptors (Lipinski definition) is 5. The summed E-state index contributed by atoms with van der Waals surface area (Å²) < 4.78 is 4.92. The smallest absolute Gasteiger partial charge is 0.311 e. The molecule has 0 heterocycles. The molecule has 1 aliphatic carbocycles. The third kappa shape index (κ3) is 3.36. The maximum Gasteiger partial charge on any atom is 0.311 e. The van der Waals surface area contributed by atoms with Gasteiger partial charge < -0.3 is 14.7 Å². The average molecular weight is 308 g/mol. The fraction of sp³-hybridized carbons (Fsp3) is 0.533. The third-order valence-corrected chi connectivity index (χ3v) is 4.10. The van der Waals surface area contributed by atoms with Crippen LogP contribution >= 0.6 is 0 Å². The van der Waals surface area contributed by atoms with Gasteiger partial charge in [0.05, 0.1) is 18.1 Å². The van der Waals surface area contributed by atoms with Crippen molar-refractivity contribution >= 4 is 11.6 Å². The van der Waals surface area contributed by atoms with Crippen molar-refractivity contribution in [1.29, 1.82) is 0 Å². The summed E-state index contributed by atoms with van der Waals surface area (Å²) in [6.07, 6.45) is 2.24. The Morgan fingerprint density at radius 3 is 2.77 bits per heavy atom. The van der Waals surface area contributed by atoms with Crippen molar-refractivity contribution in [2.45, 2.75) is 25.4 Å². The topological polar surface area (TPSA) is 92.9 Å². The molecule has 2 atom stereocenters. The maximum absolute atomic E-state index is 12.4. The Labute approximate surface area is 128 Å². The molecular weight excluding hydrogens is 288 g/mol. The predicted octanol–water partition coefficient (Wildman–Crippen LogP) is 1.84. The minimum absolute atomic E-state index is 0.0715. The summed E-state index contributed by atoms with van der Waals surface area (Å²) in [5.74, 6) is -0.109. The molecule has 7 heteroatoms. The first kappa shape index (κ1) is 16.2. The molecule has 0 radical (unpaired) electrons. The molecule has 0 saturated heterocycles. The number of nitrogens with zero attached hydrogens (tertiary/aromatic N) is 2. The van der Waals surface area contributed by atoms with Crippen LogP contribution in [0.15, 0.2) is 18.2 Å². The Kier molecular flexibility index (Phi) is 4.97. The van der Waals surface area contributed by atoms with E-state index >= 15 is 0 Å². The highest BCUT2D eigenvalue weighted by molar-refractivity contribution is 5.95. The van der Waals surface area contributed by atoms with Crippen LogP contribution in [0.3, 0.4) is 0 Å². The van der Waals surface area contributed by atoms with E-state index in [9.17, 15) is 20.0 Å². The SMILES string of the molecule is COc1ccc(C(=O)N(C)C[C@H]2CCC[C@@H]2O)cc1[N+](=O)[O-]. The first-order chi connectivity index (χ1) is 10.4. The minimum Gasteiger partial charge on any atom is -0.490 e. The molecule has 1 aromatic rings. The summed E-state index contributed by atoms with van der Waals surface area (Å²) in [6.45, 7) is 0.444. The number of aliphatic hydroxyl groups excluding tert-OH is 1. The molecule has 1 amide bonds. The molecule has 22 heavy (non-hydrogen) atoms. The molecule has 0 aliphatic heterocycles. The first-order valence-corrected chi connectivity index (χ1v) is 7.20. The predicted molar refractivity (Wildman–Crippen MR) is 80.0 cm³/mol. The largest absolute Gasteiger partial charge is 0.490 e. The van der Waals surface area contributed by atoms with Gasteiger partial charge in [0.1, 0.15) is 0 Å². The van der Waals surface area contributed by atoms with Crippen LogP contribution in [0.2, 0.25) is 0 Å². The summed E-state index contributed by atoms with van der Waals surface area (Å²) in [7, 11) is 2.99. The molecule has 1 saturated carbocycles. The monoisotopic (exact) mass is 308 g/mol. The Morgan fingerprint density at radius 1 is 1.50 bits per heavy atom. The average Bonchev–Trinajstić information content (AvgIpc) is 2.90. The highest BCUT2D eigenvalue weighted by Crippen LogP contribution is 2.29. The Morgan fingerprint density at radius 2 is 2.23 bits per heavy atom. The van der Waals surface area contributed by atoms with Gasteiger partial charge in [0, 0.05) is 31.1 Å². The number of amides is 1. The van der Waals surface area contributed by atoms with E-state index in [0.29, 0.717) is 6.54 Å². The fourth-order valence-corrected chi connectivity index (χ4v) is 2.85. The lowest BCUT2D eigenvalue weighted by Crippen LogP contribution is -2.34. The van der Waals surface area contributed by atoms with Gasteiger partial charge in [0.15, 0.2) is 5.75 Å². The van der Waals surface area contributed by atoms with Crippen molar-refractivity contribution in [3.63, 3.8) is 0 Å². The highest BCUT2D eigenvalue weighted by Gasteiger charge is 2.28. The molecule has 7 nitrogen and oxygen atoms in total. The van der Waals surface area contributed by atoms with Crippen molar-refractivity contribution < 1.29 is 19.6 Å². The first-order valence-electron chi connectivity index (χ1n) is 7.20. The number of rotatable bonds is 5. The van der Waals surface area contributed by atoms with Crippen molar-refractivity contribution in [1.82, 2.24) is 4.90 Å². The number of carbonyl (C=O) groups is 1. The standard InChI is InChI=1S/C15H20N2O5/c1-16(9-11-4-3-5-13(11)18)15(19)10-6-7-14(22-2)12(8-10)17(20)21/h6-8,11,13,18H,3-5,9H2,1-2H3/t11-,13+/m1/s1. The zero-order chi connectivity index (χ0) is 16.3.